The van der Waals surface area contributed by atoms with Crippen molar-refractivity contribution < 1.29 is 37.0 Å². The molecule has 2 amide bonds. The Morgan fingerprint density at radius 1 is 1.12 bits per heavy atom. The summed E-state index contributed by atoms with van der Waals surface area (Å²) in [5, 5.41) is 18.0. The van der Waals surface area contributed by atoms with Gasteiger partial charge in [0, 0.05) is 44.5 Å². The molecule has 0 radical (unpaired) electrons. The lowest BCUT2D eigenvalue weighted by Gasteiger charge is -2.32. The average molecular weight is 580 g/mol. The van der Waals surface area contributed by atoms with E-state index in [1.807, 2.05) is 4.90 Å². The van der Waals surface area contributed by atoms with Gasteiger partial charge in [0.2, 0.25) is 0 Å². The van der Waals surface area contributed by atoms with E-state index in [-0.39, 0.29) is 28.8 Å². The third-order valence-electron chi connectivity index (χ3n) is 6.84. The van der Waals surface area contributed by atoms with Crippen LogP contribution in [0.25, 0.3) is 0 Å². The van der Waals surface area contributed by atoms with Crippen molar-refractivity contribution in [3.63, 3.8) is 0 Å². The van der Waals surface area contributed by atoms with Crippen LogP contribution in [0.2, 0.25) is 0 Å². The molecule has 4 rings (SSSR count). The van der Waals surface area contributed by atoms with E-state index in [1.54, 1.807) is 0 Å². The molecule has 2 aromatic carbocycles. The van der Waals surface area contributed by atoms with Crippen molar-refractivity contribution >= 4 is 40.7 Å². The van der Waals surface area contributed by atoms with Crippen molar-refractivity contribution in [1.82, 2.24) is 9.80 Å². The van der Waals surface area contributed by atoms with Gasteiger partial charge in [0.05, 0.1) is 22.9 Å². The lowest BCUT2D eigenvalue weighted by molar-refractivity contribution is -0.137. The summed E-state index contributed by atoms with van der Waals surface area (Å²) < 4.78 is 61.2. The second-order valence-electron chi connectivity index (χ2n) is 9.73. The number of nitrogens with zero attached hydrogens (tertiary/aromatic N) is 5. The number of carboxylic acid groups (broad SMARTS) is 1. The van der Waals surface area contributed by atoms with Gasteiger partial charge in [-0.15, -0.1) is 0 Å². The molecule has 212 valence electrons. The number of hydrogen-bond acceptors (Lipinski definition) is 6. The number of carbonyl (C=O) groups is 2. The minimum absolute atomic E-state index is 0.0408. The minimum Gasteiger partial charge on any atom is -0.489 e. The Morgan fingerprint density at radius 3 is 2.35 bits per heavy atom. The quantitative estimate of drug-likeness (QED) is 0.400. The maximum atomic E-state index is 15.0. The van der Waals surface area contributed by atoms with Crippen LogP contribution in [0.15, 0.2) is 36.4 Å². The van der Waals surface area contributed by atoms with Crippen LogP contribution in [0.3, 0.4) is 0 Å². The summed E-state index contributed by atoms with van der Waals surface area (Å²) in [6.07, 6.45) is -5.79. The van der Waals surface area contributed by atoms with E-state index in [1.165, 1.54) is 47.9 Å². The molecule has 0 aromatic heterocycles. The number of halogens is 4. The minimum atomic E-state index is -4.83. The number of piperazine rings is 1. The third-order valence-corrected chi connectivity index (χ3v) is 7.20. The zero-order valence-electron chi connectivity index (χ0n) is 21.5. The first kappa shape index (κ1) is 29.0. The van der Waals surface area contributed by atoms with E-state index in [9.17, 15) is 22.8 Å². The van der Waals surface area contributed by atoms with Crippen LogP contribution in [0.4, 0.5) is 33.7 Å². The Bertz CT molecular complexity index is 1390. The molecule has 2 aliphatic heterocycles. The monoisotopic (exact) mass is 579 g/mol. The smallest absolute Gasteiger partial charge is 0.417 e. The summed E-state index contributed by atoms with van der Waals surface area (Å²) >= 11 is 5.48. The number of nitriles is 1. The van der Waals surface area contributed by atoms with Gasteiger partial charge in [-0.05, 0) is 56.4 Å². The third kappa shape index (κ3) is 5.52. The second kappa shape index (κ2) is 10.9. The van der Waals surface area contributed by atoms with Gasteiger partial charge in [-0.1, -0.05) is 0 Å². The van der Waals surface area contributed by atoms with Crippen molar-refractivity contribution in [1.29, 1.82) is 5.26 Å². The molecule has 0 unspecified atom stereocenters. The number of amides is 2. The van der Waals surface area contributed by atoms with Gasteiger partial charge in [-0.3, -0.25) is 14.6 Å². The first-order valence-electron chi connectivity index (χ1n) is 12.2. The van der Waals surface area contributed by atoms with Gasteiger partial charge < -0.3 is 19.6 Å². The molecular weight excluding hydrogens is 554 g/mol. The predicted octanol–water partition coefficient (Wildman–Crippen LogP) is 4.31. The zero-order valence-corrected chi connectivity index (χ0v) is 22.4. The molecule has 0 bridgehead atoms. The molecule has 2 saturated heterocycles. The molecule has 14 heteroatoms. The van der Waals surface area contributed by atoms with Crippen LogP contribution in [0.1, 0.15) is 25.0 Å². The fraction of sp³-hybridized carbons (Fsp3) is 0.385. The summed E-state index contributed by atoms with van der Waals surface area (Å²) in [6.45, 7) is 5.47. The number of thiocarbonyl (C=S) groups is 1. The van der Waals surface area contributed by atoms with E-state index >= 15 is 4.39 Å². The van der Waals surface area contributed by atoms with E-state index in [4.69, 9.17) is 27.3 Å². The van der Waals surface area contributed by atoms with E-state index < -0.39 is 40.7 Å². The highest BCUT2D eigenvalue weighted by atomic mass is 32.1. The highest BCUT2D eigenvalue weighted by Gasteiger charge is 2.51. The number of anilines is 2. The van der Waals surface area contributed by atoms with Crippen molar-refractivity contribution in [3.05, 3.63) is 53.3 Å². The fourth-order valence-electron chi connectivity index (χ4n) is 4.65. The second-order valence-corrected chi connectivity index (χ2v) is 10.1. The Balaban J connectivity index is 1.50. The van der Waals surface area contributed by atoms with E-state index in [0.717, 1.165) is 17.0 Å². The number of ether oxygens (including phenoxy) is 1. The molecular formula is C26H25F4N5O4S. The highest BCUT2D eigenvalue weighted by Crippen LogP contribution is 2.40. The zero-order chi connectivity index (χ0) is 29.4. The Morgan fingerprint density at radius 2 is 1.77 bits per heavy atom. The molecule has 1 N–H and O–H groups in total. The summed E-state index contributed by atoms with van der Waals surface area (Å²) in [5.74, 6) is -1.39. The normalized spacial score (nSPS) is 17.8. The molecule has 0 spiro atoms. The SMILES string of the molecule is CC1(C)C(=O)N(c2ccc(C#N)c(C(F)(F)F)c2)C(=S)N1c1ccc(OCCN2CCN(C(=O)O)CC2)c(F)c1. The molecule has 9 nitrogen and oxygen atoms in total. The number of benzene rings is 2. The summed E-state index contributed by atoms with van der Waals surface area (Å²) in [5.41, 5.74) is -3.12. The number of rotatable bonds is 6. The summed E-state index contributed by atoms with van der Waals surface area (Å²) in [6, 6.07) is 8.37. The molecule has 2 fully saturated rings. The van der Waals surface area contributed by atoms with Gasteiger partial charge in [0.15, 0.2) is 16.7 Å². The highest BCUT2D eigenvalue weighted by molar-refractivity contribution is 7.81. The lowest BCUT2D eigenvalue weighted by atomic mass is 10.0. The molecule has 2 aliphatic rings. The molecule has 0 saturated carbocycles. The first-order valence-corrected chi connectivity index (χ1v) is 12.6. The van der Waals surface area contributed by atoms with E-state index in [0.29, 0.717) is 38.8 Å². The van der Waals surface area contributed by atoms with Gasteiger partial charge >= 0.3 is 12.3 Å². The van der Waals surface area contributed by atoms with Crippen LogP contribution in [-0.4, -0.2) is 76.9 Å². The van der Waals surface area contributed by atoms with Gasteiger partial charge in [0.1, 0.15) is 12.1 Å². The topological polar surface area (TPSA) is 100 Å². The average Bonchev–Trinajstić information content (AvgIpc) is 3.07. The van der Waals surface area contributed by atoms with Gasteiger partial charge in [-0.25, -0.2) is 9.18 Å². The van der Waals surface area contributed by atoms with Crippen LogP contribution < -0.4 is 14.5 Å². The van der Waals surface area contributed by atoms with Crippen molar-refractivity contribution in [2.24, 2.45) is 0 Å². The van der Waals surface area contributed by atoms with Crippen LogP contribution in [0, 0.1) is 17.1 Å². The fourth-order valence-corrected chi connectivity index (χ4v) is 5.17. The largest absolute Gasteiger partial charge is 0.489 e. The number of carbonyl (C=O) groups excluding carboxylic acids is 1. The van der Waals surface area contributed by atoms with Crippen molar-refractivity contribution in [3.8, 4) is 11.8 Å². The summed E-state index contributed by atoms with van der Waals surface area (Å²) in [7, 11) is 0. The number of hydrogen-bond donors (Lipinski definition) is 1. The van der Waals surface area contributed by atoms with Gasteiger partial charge in [0.25, 0.3) is 5.91 Å². The molecule has 0 atom stereocenters. The number of alkyl halides is 3. The Kier molecular flexibility index (Phi) is 7.91. The maximum absolute atomic E-state index is 15.0. The summed E-state index contributed by atoms with van der Waals surface area (Å²) in [4.78, 5) is 30.0. The molecule has 2 heterocycles. The lowest BCUT2D eigenvalue weighted by Crippen LogP contribution is -2.49. The molecule has 2 aromatic rings. The van der Waals surface area contributed by atoms with Crippen LogP contribution in [-0.2, 0) is 11.0 Å². The predicted molar refractivity (Wildman–Crippen MR) is 141 cm³/mol. The molecule has 0 aliphatic carbocycles. The maximum Gasteiger partial charge on any atom is 0.417 e. The Hall–Kier alpha value is -3.96. The van der Waals surface area contributed by atoms with Crippen LogP contribution in [0.5, 0.6) is 5.75 Å². The van der Waals surface area contributed by atoms with E-state index in [2.05, 4.69) is 0 Å². The molecule has 40 heavy (non-hydrogen) atoms. The van der Waals surface area contributed by atoms with Gasteiger partial charge in [-0.2, -0.15) is 18.4 Å². The van der Waals surface area contributed by atoms with Crippen molar-refractivity contribution in [2.75, 3.05) is 49.1 Å². The first-order chi connectivity index (χ1) is 18.8. The standard InChI is InChI=1S/C26H25F4N5O4S/c1-25(2)22(36)34(17-4-3-16(15-31)19(13-17)26(28,29)30)23(40)35(25)18-5-6-21(20(27)14-18)39-12-11-32-7-9-33(10-8-32)24(37)38/h3-6,13-14H,7-12H2,1-2H3,(H,37,38). The Labute approximate surface area is 232 Å². The van der Waals surface area contributed by atoms with Crippen molar-refractivity contribution in [2.45, 2.75) is 25.6 Å². The van der Waals surface area contributed by atoms with Crippen LogP contribution >= 0.6 is 12.2 Å².